The van der Waals surface area contributed by atoms with Gasteiger partial charge in [-0.2, -0.15) is 0 Å². The van der Waals surface area contributed by atoms with Crippen LogP contribution in [0.3, 0.4) is 0 Å². The summed E-state index contributed by atoms with van der Waals surface area (Å²) in [5, 5.41) is 11.0. The van der Waals surface area contributed by atoms with Crippen LogP contribution in [0, 0.1) is 0 Å². The molecule has 0 amide bonds. The van der Waals surface area contributed by atoms with Crippen molar-refractivity contribution in [1.82, 2.24) is 15.8 Å². The second-order valence-electron chi connectivity index (χ2n) is 4.22. The van der Waals surface area contributed by atoms with Gasteiger partial charge < -0.3 is 15.2 Å². The van der Waals surface area contributed by atoms with Crippen LogP contribution in [0.5, 0.6) is 0 Å². The van der Waals surface area contributed by atoms with Gasteiger partial charge >= 0.3 is 0 Å². The highest BCUT2D eigenvalue weighted by Gasteiger charge is 2.00. The van der Waals surface area contributed by atoms with Crippen LogP contribution < -0.4 is 10.6 Å². The molecule has 114 valence electrons. The summed E-state index contributed by atoms with van der Waals surface area (Å²) in [7, 11) is 1.73. The Kier molecular flexibility index (Phi) is 8.14. The number of benzene rings is 1. The lowest BCUT2D eigenvalue weighted by atomic mass is 10.1. The van der Waals surface area contributed by atoms with Gasteiger partial charge in [0.1, 0.15) is 12.0 Å². The Morgan fingerprint density at radius 2 is 2.19 bits per heavy atom. The highest BCUT2D eigenvalue weighted by molar-refractivity contribution is 14.0. The molecule has 2 N–H and O–H groups in total. The molecule has 7 heteroatoms. The molecule has 0 saturated heterocycles. The Balaban J connectivity index is 0.00000220. The summed E-state index contributed by atoms with van der Waals surface area (Å²) in [5.74, 6) is 0.732. The standard InChI is InChI=1S/C14H17ClN4O.HI/c1-16-14(18-10-13-6-8-20-19-13)17-7-5-11-3-2-4-12(15)9-11;/h2-4,6,8-9H,5,7,10H2,1H3,(H2,16,17,18);1H. The number of aliphatic imine (C=N–C) groups is 1. The van der Waals surface area contributed by atoms with Gasteiger partial charge in [0.15, 0.2) is 5.96 Å². The molecular weight excluding hydrogens is 403 g/mol. The van der Waals surface area contributed by atoms with Gasteiger partial charge in [0, 0.05) is 24.7 Å². The van der Waals surface area contributed by atoms with Gasteiger partial charge in [-0.1, -0.05) is 28.9 Å². The highest BCUT2D eigenvalue weighted by Crippen LogP contribution is 2.10. The lowest BCUT2D eigenvalue weighted by Gasteiger charge is -2.10. The largest absolute Gasteiger partial charge is 0.364 e. The zero-order valence-corrected chi connectivity index (χ0v) is 14.8. The molecule has 0 spiro atoms. The van der Waals surface area contributed by atoms with Gasteiger partial charge in [0.25, 0.3) is 0 Å². The minimum atomic E-state index is 0. The summed E-state index contributed by atoms with van der Waals surface area (Å²) in [6.45, 7) is 1.35. The van der Waals surface area contributed by atoms with Crippen LogP contribution in [0.25, 0.3) is 0 Å². The molecule has 5 nitrogen and oxygen atoms in total. The first kappa shape index (κ1) is 17.8. The Morgan fingerprint density at radius 3 is 2.86 bits per heavy atom. The van der Waals surface area contributed by atoms with Gasteiger partial charge in [-0.05, 0) is 24.1 Å². The molecule has 0 aliphatic carbocycles. The maximum atomic E-state index is 5.95. The number of hydrogen-bond donors (Lipinski definition) is 2. The first-order valence-corrected chi connectivity index (χ1v) is 6.74. The van der Waals surface area contributed by atoms with E-state index >= 15 is 0 Å². The lowest BCUT2D eigenvalue weighted by molar-refractivity contribution is 0.410. The smallest absolute Gasteiger partial charge is 0.191 e. The van der Waals surface area contributed by atoms with Crippen LogP contribution in [0.2, 0.25) is 5.02 Å². The molecule has 1 aromatic heterocycles. The molecule has 1 heterocycles. The molecule has 0 bridgehead atoms. The summed E-state index contributed by atoms with van der Waals surface area (Å²) in [4.78, 5) is 4.15. The fourth-order valence-electron chi connectivity index (χ4n) is 1.74. The molecule has 0 radical (unpaired) electrons. The Bertz CT molecular complexity index is 560. The summed E-state index contributed by atoms with van der Waals surface area (Å²) in [6, 6.07) is 9.66. The van der Waals surface area contributed by atoms with E-state index in [4.69, 9.17) is 16.1 Å². The highest BCUT2D eigenvalue weighted by atomic mass is 127. The minimum absolute atomic E-state index is 0. The molecule has 2 rings (SSSR count). The van der Waals surface area contributed by atoms with E-state index in [1.165, 1.54) is 5.56 Å². The van der Waals surface area contributed by atoms with E-state index in [2.05, 4.69) is 26.8 Å². The van der Waals surface area contributed by atoms with E-state index in [0.29, 0.717) is 6.54 Å². The first-order valence-electron chi connectivity index (χ1n) is 6.36. The lowest BCUT2D eigenvalue weighted by Crippen LogP contribution is -2.37. The fourth-order valence-corrected chi connectivity index (χ4v) is 1.95. The van der Waals surface area contributed by atoms with Crippen LogP contribution in [-0.2, 0) is 13.0 Å². The molecule has 0 unspecified atom stereocenters. The van der Waals surface area contributed by atoms with E-state index in [1.54, 1.807) is 13.3 Å². The van der Waals surface area contributed by atoms with Gasteiger partial charge in [0.2, 0.25) is 0 Å². The number of rotatable bonds is 5. The number of nitrogens with one attached hydrogen (secondary N) is 2. The molecular formula is C14H18ClIN4O. The maximum Gasteiger partial charge on any atom is 0.191 e. The summed E-state index contributed by atoms with van der Waals surface area (Å²) >= 11 is 5.95. The number of aromatic nitrogens is 1. The van der Waals surface area contributed by atoms with Crippen LogP contribution in [0.1, 0.15) is 11.3 Å². The normalized spacial score (nSPS) is 10.9. The average molecular weight is 421 g/mol. The third kappa shape index (κ3) is 6.34. The van der Waals surface area contributed by atoms with E-state index in [1.807, 2.05) is 24.3 Å². The quantitative estimate of drug-likeness (QED) is 0.444. The van der Waals surface area contributed by atoms with Crippen LogP contribution in [0.15, 0.2) is 46.1 Å². The van der Waals surface area contributed by atoms with Gasteiger partial charge in [0.05, 0.1) is 6.54 Å². The third-order valence-corrected chi connectivity index (χ3v) is 2.98. The van der Waals surface area contributed by atoms with Crippen molar-refractivity contribution in [2.24, 2.45) is 4.99 Å². The summed E-state index contributed by atoms with van der Waals surface area (Å²) in [6.07, 6.45) is 2.43. The molecule has 1 aromatic carbocycles. The average Bonchev–Trinajstić information content (AvgIpc) is 2.96. The van der Waals surface area contributed by atoms with E-state index in [9.17, 15) is 0 Å². The van der Waals surface area contributed by atoms with Crippen molar-refractivity contribution in [3.05, 3.63) is 52.9 Å². The monoisotopic (exact) mass is 420 g/mol. The Morgan fingerprint density at radius 1 is 1.33 bits per heavy atom. The predicted molar refractivity (Wildman–Crippen MR) is 95.3 cm³/mol. The third-order valence-electron chi connectivity index (χ3n) is 2.75. The van der Waals surface area contributed by atoms with Gasteiger partial charge in [-0.3, -0.25) is 4.99 Å². The van der Waals surface area contributed by atoms with Crippen molar-refractivity contribution < 1.29 is 4.52 Å². The van der Waals surface area contributed by atoms with Crippen LogP contribution in [0.4, 0.5) is 0 Å². The first-order chi connectivity index (χ1) is 9.78. The second kappa shape index (κ2) is 9.62. The zero-order valence-electron chi connectivity index (χ0n) is 11.7. The molecule has 0 aliphatic rings. The summed E-state index contributed by atoms with van der Waals surface area (Å²) in [5.41, 5.74) is 2.03. The SMILES string of the molecule is CN=C(NCCc1cccc(Cl)c1)NCc1ccon1.I. The molecule has 0 saturated carbocycles. The van der Waals surface area contributed by atoms with Crippen molar-refractivity contribution in [1.29, 1.82) is 0 Å². The Labute approximate surface area is 146 Å². The molecule has 0 atom stereocenters. The van der Waals surface area contributed by atoms with Crippen molar-refractivity contribution in [2.45, 2.75) is 13.0 Å². The van der Waals surface area contributed by atoms with E-state index < -0.39 is 0 Å². The van der Waals surface area contributed by atoms with Crippen molar-refractivity contribution >= 4 is 41.5 Å². The minimum Gasteiger partial charge on any atom is -0.364 e. The molecule has 2 aromatic rings. The number of halogens is 2. The van der Waals surface area contributed by atoms with Crippen molar-refractivity contribution in [3.63, 3.8) is 0 Å². The van der Waals surface area contributed by atoms with E-state index in [-0.39, 0.29) is 24.0 Å². The second-order valence-corrected chi connectivity index (χ2v) is 4.66. The number of hydrogen-bond acceptors (Lipinski definition) is 3. The van der Waals surface area contributed by atoms with Gasteiger partial charge in [-0.25, -0.2) is 0 Å². The molecule has 21 heavy (non-hydrogen) atoms. The molecule has 0 fully saturated rings. The van der Waals surface area contributed by atoms with Crippen molar-refractivity contribution in [2.75, 3.05) is 13.6 Å². The maximum absolute atomic E-state index is 5.95. The predicted octanol–water partition coefficient (Wildman–Crippen LogP) is 2.85. The Hall–Kier alpha value is -1.28. The summed E-state index contributed by atoms with van der Waals surface area (Å²) < 4.78 is 4.77. The van der Waals surface area contributed by atoms with Gasteiger partial charge in [-0.15, -0.1) is 24.0 Å². The number of guanidine groups is 1. The molecule has 0 aliphatic heterocycles. The van der Waals surface area contributed by atoms with Crippen LogP contribution >= 0.6 is 35.6 Å². The van der Waals surface area contributed by atoms with E-state index in [0.717, 1.165) is 29.6 Å². The van der Waals surface area contributed by atoms with Crippen LogP contribution in [-0.4, -0.2) is 24.7 Å². The topological polar surface area (TPSA) is 62.5 Å². The fraction of sp³-hybridized carbons (Fsp3) is 0.286. The van der Waals surface area contributed by atoms with Crippen molar-refractivity contribution in [3.8, 4) is 0 Å². The zero-order chi connectivity index (χ0) is 14.2. The number of nitrogens with zero attached hydrogens (tertiary/aromatic N) is 2.